The minimum atomic E-state index is -1.06. The molecular weight excluding hydrogens is 285 g/mol. The van der Waals surface area contributed by atoms with Gasteiger partial charge in [0.2, 0.25) is 0 Å². The van der Waals surface area contributed by atoms with Crippen molar-refractivity contribution in [3.05, 3.63) is 57.8 Å². The summed E-state index contributed by atoms with van der Waals surface area (Å²) < 4.78 is 28.3. The highest BCUT2D eigenvalue weighted by molar-refractivity contribution is 5.90. The van der Waals surface area contributed by atoms with E-state index in [-0.39, 0.29) is 12.4 Å². The van der Waals surface area contributed by atoms with Crippen LogP contribution in [0.1, 0.15) is 16.1 Å². The zero-order valence-electron chi connectivity index (χ0n) is 10.9. The van der Waals surface area contributed by atoms with Crippen LogP contribution in [0.4, 0.5) is 10.1 Å². The van der Waals surface area contributed by atoms with E-state index in [4.69, 9.17) is 9.15 Å². The number of carbonyl (C=O) groups excluding carboxylic acids is 1. The molecule has 0 unspecified atom stereocenters. The normalized spacial score (nSPS) is 10.2. The molecule has 0 saturated carbocycles. The Balaban J connectivity index is 2.35. The third-order valence-corrected chi connectivity index (χ3v) is 2.60. The summed E-state index contributed by atoms with van der Waals surface area (Å²) in [4.78, 5) is 21.5. The van der Waals surface area contributed by atoms with Crippen molar-refractivity contribution in [2.75, 3.05) is 7.11 Å². The van der Waals surface area contributed by atoms with Gasteiger partial charge in [-0.05, 0) is 12.1 Å². The van der Waals surface area contributed by atoms with Crippen LogP contribution in [0.25, 0.3) is 0 Å². The van der Waals surface area contributed by atoms with E-state index in [0.717, 1.165) is 13.2 Å². The predicted molar refractivity (Wildman–Crippen MR) is 67.4 cm³/mol. The maximum absolute atomic E-state index is 13.7. The number of rotatable bonds is 5. The maximum Gasteiger partial charge on any atom is 0.340 e. The van der Waals surface area contributed by atoms with Crippen LogP contribution in [0.3, 0.4) is 0 Å². The van der Waals surface area contributed by atoms with Gasteiger partial charge >= 0.3 is 11.7 Å². The van der Waals surface area contributed by atoms with Crippen LogP contribution >= 0.6 is 0 Å². The number of ether oxygens (including phenoxy) is 2. The first-order valence-corrected chi connectivity index (χ1v) is 5.74. The fourth-order valence-corrected chi connectivity index (χ4v) is 1.61. The average molecular weight is 295 g/mol. The lowest BCUT2D eigenvalue weighted by Crippen LogP contribution is -2.07. The molecule has 0 bridgehead atoms. The van der Waals surface area contributed by atoms with E-state index in [1.165, 1.54) is 6.26 Å². The zero-order valence-corrected chi connectivity index (χ0v) is 10.9. The minimum Gasteiger partial charge on any atom is -0.479 e. The number of methoxy groups -OCH3 is 1. The number of esters is 1. The SMILES string of the molecule is COC(=O)c1cc(OCc2ccco2)c([N+](=O)[O-])cc1F. The van der Waals surface area contributed by atoms with E-state index in [2.05, 4.69) is 4.74 Å². The number of nitrogens with zero attached hydrogens (tertiary/aromatic N) is 1. The van der Waals surface area contributed by atoms with Gasteiger partial charge in [-0.3, -0.25) is 10.1 Å². The molecule has 2 rings (SSSR count). The molecular formula is C13H10FNO6. The lowest BCUT2D eigenvalue weighted by atomic mass is 10.1. The first kappa shape index (κ1) is 14.5. The Kier molecular flexibility index (Phi) is 4.17. The van der Waals surface area contributed by atoms with Gasteiger partial charge in [0.05, 0.1) is 29.9 Å². The molecule has 0 aliphatic heterocycles. The fraction of sp³-hybridized carbons (Fsp3) is 0.154. The summed E-state index contributed by atoms with van der Waals surface area (Å²) >= 11 is 0. The van der Waals surface area contributed by atoms with Gasteiger partial charge in [0.15, 0.2) is 5.75 Å². The molecule has 0 atom stereocenters. The number of nitro groups is 1. The number of hydrogen-bond donors (Lipinski definition) is 0. The summed E-state index contributed by atoms with van der Waals surface area (Å²) in [5.74, 6) is -1.84. The second-order valence-corrected chi connectivity index (χ2v) is 3.92. The topological polar surface area (TPSA) is 91.8 Å². The van der Waals surface area contributed by atoms with Crippen molar-refractivity contribution in [3.63, 3.8) is 0 Å². The standard InChI is InChI=1S/C13H10FNO6/c1-19-13(16)9-5-12(11(15(17)18)6-10(9)14)21-7-8-3-2-4-20-8/h2-6H,7H2,1H3. The van der Waals surface area contributed by atoms with Crippen molar-refractivity contribution in [1.29, 1.82) is 0 Å². The monoisotopic (exact) mass is 295 g/mol. The van der Waals surface area contributed by atoms with E-state index in [9.17, 15) is 19.3 Å². The van der Waals surface area contributed by atoms with E-state index in [1.54, 1.807) is 12.1 Å². The Morgan fingerprint density at radius 2 is 2.24 bits per heavy atom. The molecule has 1 heterocycles. The van der Waals surface area contributed by atoms with Crippen molar-refractivity contribution in [1.82, 2.24) is 0 Å². The number of carbonyl (C=O) groups is 1. The molecule has 110 valence electrons. The Labute approximate surface area is 118 Å². The van der Waals surface area contributed by atoms with Crippen LogP contribution in [0.15, 0.2) is 34.9 Å². The van der Waals surface area contributed by atoms with Gasteiger partial charge in [0, 0.05) is 6.07 Å². The fourth-order valence-electron chi connectivity index (χ4n) is 1.61. The predicted octanol–water partition coefficient (Wildman–Crippen LogP) is 2.69. The zero-order chi connectivity index (χ0) is 15.4. The van der Waals surface area contributed by atoms with Crippen molar-refractivity contribution in [2.45, 2.75) is 6.61 Å². The number of furan rings is 1. The van der Waals surface area contributed by atoms with Gasteiger partial charge in [0.25, 0.3) is 0 Å². The van der Waals surface area contributed by atoms with E-state index in [1.807, 2.05) is 0 Å². The second kappa shape index (κ2) is 6.04. The summed E-state index contributed by atoms with van der Waals surface area (Å²) in [7, 11) is 1.08. The van der Waals surface area contributed by atoms with Crippen LogP contribution in [-0.4, -0.2) is 18.0 Å². The molecule has 2 aromatic rings. The highest BCUT2D eigenvalue weighted by atomic mass is 19.1. The molecule has 0 fully saturated rings. The molecule has 7 nitrogen and oxygen atoms in total. The summed E-state index contributed by atoms with van der Waals surface area (Å²) in [6, 6.07) is 4.78. The number of hydrogen-bond acceptors (Lipinski definition) is 6. The molecule has 0 aliphatic carbocycles. The number of halogens is 1. The van der Waals surface area contributed by atoms with E-state index < -0.39 is 28.0 Å². The first-order valence-electron chi connectivity index (χ1n) is 5.74. The van der Waals surface area contributed by atoms with Crippen LogP contribution in [-0.2, 0) is 11.3 Å². The molecule has 1 aromatic heterocycles. The second-order valence-electron chi connectivity index (χ2n) is 3.92. The molecule has 0 aliphatic rings. The molecule has 0 radical (unpaired) electrons. The maximum atomic E-state index is 13.7. The number of benzene rings is 1. The van der Waals surface area contributed by atoms with Crippen LogP contribution in [0, 0.1) is 15.9 Å². The van der Waals surface area contributed by atoms with Crippen LogP contribution < -0.4 is 4.74 Å². The lowest BCUT2D eigenvalue weighted by molar-refractivity contribution is -0.386. The molecule has 0 amide bonds. The van der Waals surface area contributed by atoms with Gasteiger partial charge in [0.1, 0.15) is 18.2 Å². The number of nitro benzene ring substituents is 1. The van der Waals surface area contributed by atoms with Gasteiger partial charge in [-0.2, -0.15) is 0 Å². The molecule has 21 heavy (non-hydrogen) atoms. The summed E-state index contributed by atoms with van der Waals surface area (Å²) in [6.45, 7) is -0.0971. The Morgan fingerprint density at radius 1 is 1.48 bits per heavy atom. The van der Waals surface area contributed by atoms with Gasteiger partial charge in [-0.25, -0.2) is 9.18 Å². The van der Waals surface area contributed by atoms with E-state index >= 15 is 0 Å². The van der Waals surface area contributed by atoms with E-state index in [0.29, 0.717) is 11.8 Å². The Hall–Kier alpha value is -2.90. The lowest BCUT2D eigenvalue weighted by Gasteiger charge is -2.08. The average Bonchev–Trinajstić information content (AvgIpc) is 2.98. The third kappa shape index (κ3) is 3.16. The summed E-state index contributed by atoms with van der Waals surface area (Å²) in [5, 5.41) is 10.9. The smallest absolute Gasteiger partial charge is 0.340 e. The van der Waals surface area contributed by atoms with Gasteiger partial charge < -0.3 is 13.9 Å². The minimum absolute atomic E-state index is 0.0971. The van der Waals surface area contributed by atoms with Crippen molar-refractivity contribution >= 4 is 11.7 Å². The van der Waals surface area contributed by atoms with Crippen molar-refractivity contribution in [3.8, 4) is 5.75 Å². The Morgan fingerprint density at radius 3 is 2.81 bits per heavy atom. The van der Waals surface area contributed by atoms with Gasteiger partial charge in [-0.15, -0.1) is 0 Å². The molecule has 0 N–H and O–H groups in total. The van der Waals surface area contributed by atoms with Gasteiger partial charge in [-0.1, -0.05) is 0 Å². The van der Waals surface area contributed by atoms with Crippen LogP contribution in [0.2, 0.25) is 0 Å². The molecule has 0 saturated heterocycles. The highest BCUT2D eigenvalue weighted by Gasteiger charge is 2.23. The summed E-state index contributed by atoms with van der Waals surface area (Å²) in [5.41, 5.74) is -1.04. The third-order valence-electron chi connectivity index (χ3n) is 2.60. The molecule has 8 heteroatoms. The van der Waals surface area contributed by atoms with Crippen molar-refractivity contribution < 1.29 is 28.0 Å². The van der Waals surface area contributed by atoms with Crippen LogP contribution in [0.5, 0.6) is 5.75 Å². The largest absolute Gasteiger partial charge is 0.479 e. The highest BCUT2D eigenvalue weighted by Crippen LogP contribution is 2.31. The quantitative estimate of drug-likeness (QED) is 0.478. The first-order chi connectivity index (χ1) is 10.0. The molecule has 0 spiro atoms. The Bertz CT molecular complexity index is 668. The molecule has 1 aromatic carbocycles. The summed E-state index contributed by atoms with van der Waals surface area (Å²) in [6.07, 6.45) is 1.41. The van der Waals surface area contributed by atoms with Crippen molar-refractivity contribution in [2.24, 2.45) is 0 Å².